The molecule has 1 aliphatic rings. The summed E-state index contributed by atoms with van der Waals surface area (Å²) in [5.74, 6) is 1.09. The van der Waals surface area contributed by atoms with Crippen molar-refractivity contribution in [1.29, 1.82) is 5.26 Å². The minimum Gasteiger partial charge on any atom is -0.345 e. The number of aryl methyl sites for hydroxylation is 2. The highest BCUT2D eigenvalue weighted by Gasteiger charge is 2.24. The Balaban J connectivity index is 1.77. The zero-order valence-corrected chi connectivity index (χ0v) is 15.2. The number of quaternary nitrogens is 1. The molecule has 1 saturated heterocycles. The van der Waals surface area contributed by atoms with Gasteiger partial charge in [0.25, 0.3) is 0 Å². The SMILES string of the molecule is Cc1cc(N2CC[NH+](CC#N)CC2)n2nc(C)c(-c3ccccc3)c2n1. The van der Waals surface area contributed by atoms with Gasteiger partial charge in [0.1, 0.15) is 11.9 Å². The minimum absolute atomic E-state index is 0.581. The number of fused-ring (bicyclic) bond motifs is 1. The maximum Gasteiger partial charge on any atom is 0.165 e. The first-order valence-corrected chi connectivity index (χ1v) is 9.05. The van der Waals surface area contributed by atoms with E-state index in [-0.39, 0.29) is 0 Å². The van der Waals surface area contributed by atoms with Gasteiger partial charge in [0.15, 0.2) is 12.2 Å². The van der Waals surface area contributed by atoms with Crippen LogP contribution in [0.2, 0.25) is 0 Å². The molecular formula is C20H23N6+. The van der Waals surface area contributed by atoms with E-state index in [1.54, 1.807) is 0 Å². The normalized spacial score (nSPS) is 15.3. The molecule has 3 aromatic rings. The predicted molar refractivity (Wildman–Crippen MR) is 101 cm³/mol. The van der Waals surface area contributed by atoms with Gasteiger partial charge >= 0.3 is 0 Å². The van der Waals surface area contributed by atoms with E-state index >= 15 is 0 Å². The van der Waals surface area contributed by atoms with Crippen LogP contribution < -0.4 is 9.80 Å². The first kappa shape index (κ1) is 16.6. The van der Waals surface area contributed by atoms with Crippen molar-refractivity contribution in [3.63, 3.8) is 0 Å². The Kier molecular flexibility index (Phi) is 4.31. The number of hydrogen-bond donors (Lipinski definition) is 1. The highest BCUT2D eigenvalue weighted by molar-refractivity contribution is 5.81. The van der Waals surface area contributed by atoms with Crippen LogP contribution in [0.3, 0.4) is 0 Å². The Morgan fingerprint density at radius 3 is 2.58 bits per heavy atom. The van der Waals surface area contributed by atoms with Gasteiger partial charge in [0.05, 0.1) is 31.9 Å². The van der Waals surface area contributed by atoms with Crippen LogP contribution in [-0.4, -0.2) is 47.3 Å². The van der Waals surface area contributed by atoms with Gasteiger partial charge in [-0.25, -0.2) is 4.98 Å². The smallest absolute Gasteiger partial charge is 0.165 e. The summed E-state index contributed by atoms with van der Waals surface area (Å²) < 4.78 is 1.99. The van der Waals surface area contributed by atoms with Crippen molar-refractivity contribution in [2.75, 3.05) is 37.6 Å². The van der Waals surface area contributed by atoms with Crippen LogP contribution in [-0.2, 0) is 0 Å². The van der Waals surface area contributed by atoms with E-state index in [9.17, 15) is 0 Å². The van der Waals surface area contributed by atoms with Gasteiger partial charge in [-0.05, 0) is 19.4 Å². The lowest BCUT2D eigenvalue weighted by Crippen LogP contribution is -3.14. The average Bonchev–Trinajstić information content (AvgIpc) is 2.98. The van der Waals surface area contributed by atoms with Crippen LogP contribution in [0, 0.1) is 25.2 Å². The van der Waals surface area contributed by atoms with Crippen LogP contribution >= 0.6 is 0 Å². The number of aromatic nitrogens is 3. The lowest BCUT2D eigenvalue weighted by molar-refractivity contribution is -0.893. The monoisotopic (exact) mass is 347 g/mol. The molecule has 6 nitrogen and oxygen atoms in total. The quantitative estimate of drug-likeness (QED) is 0.724. The standard InChI is InChI=1S/C20H22N6/c1-15-14-18(25-12-10-24(9-8-21)11-13-25)26-20(22-15)19(16(2)23-26)17-6-4-3-5-7-17/h3-7,14H,9-13H2,1-2H3/p+1. The molecule has 2 aromatic heterocycles. The molecule has 4 rings (SSSR count). The van der Waals surface area contributed by atoms with Gasteiger partial charge < -0.3 is 9.80 Å². The third-order valence-electron chi connectivity index (χ3n) is 5.06. The Labute approximate surface area is 153 Å². The van der Waals surface area contributed by atoms with Gasteiger partial charge in [-0.2, -0.15) is 14.9 Å². The maximum absolute atomic E-state index is 8.91. The number of nitrogens with one attached hydrogen (secondary N) is 1. The van der Waals surface area contributed by atoms with Crippen molar-refractivity contribution >= 4 is 11.5 Å². The lowest BCUT2D eigenvalue weighted by atomic mass is 10.1. The second-order valence-corrected chi connectivity index (χ2v) is 6.89. The summed E-state index contributed by atoms with van der Waals surface area (Å²) in [6.45, 7) is 8.47. The van der Waals surface area contributed by atoms with Crippen LogP contribution in [0.5, 0.6) is 0 Å². The number of piperazine rings is 1. The van der Waals surface area contributed by atoms with E-state index in [0.717, 1.165) is 60.2 Å². The van der Waals surface area contributed by atoms with Gasteiger partial charge in [0, 0.05) is 17.3 Å². The highest BCUT2D eigenvalue weighted by atomic mass is 15.4. The van der Waals surface area contributed by atoms with E-state index in [0.29, 0.717) is 6.54 Å². The van der Waals surface area contributed by atoms with E-state index < -0.39 is 0 Å². The Morgan fingerprint density at radius 2 is 1.88 bits per heavy atom. The van der Waals surface area contributed by atoms with Crippen molar-refractivity contribution < 1.29 is 4.90 Å². The largest absolute Gasteiger partial charge is 0.345 e. The number of hydrogen-bond acceptors (Lipinski definition) is 4. The molecule has 1 fully saturated rings. The van der Waals surface area contributed by atoms with Crippen molar-refractivity contribution in [3.8, 4) is 17.2 Å². The van der Waals surface area contributed by atoms with E-state index in [2.05, 4.69) is 29.2 Å². The number of nitriles is 1. The van der Waals surface area contributed by atoms with Gasteiger partial charge in [-0.1, -0.05) is 30.3 Å². The molecule has 1 N–H and O–H groups in total. The molecule has 0 bridgehead atoms. The summed E-state index contributed by atoms with van der Waals surface area (Å²) in [5.41, 5.74) is 5.15. The van der Waals surface area contributed by atoms with Gasteiger partial charge in [-0.15, -0.1) is 0 Å². The fraction of sp³-hybridized carbons (Fsp3) is 0.350. The zero-order valence-electron chi connectivity index (χ0n) is 15.2. The van der Waals surface area contributed by atoms with Crippen molar-refractivity contribution in [1.82, 2.24) is 14.6 Å². The summed E-state index contributed by atoms with van der Waals surface area (Å²) in [7, 11) is 0. The molecule has 0 unspecified atom stereocenters. The Hall–Kier alpha value is -2.91. The van der Waals surface area contributed by atoms with Crippen molar-refractivity contribution in [2.24, 2.45) is 0 Å². The van der Waals surface area contributed by atoms with Gasteiger partial charge in [0.2, 0.25) is 0 Å². The first-order chi connectivity index (χ1) is 12.7. The van der Waals surface area contributed by atoms with Gasteiger partial charge in [-0.3, -0.25) is 0 Å². The molecule has 0 atom stereocenters. The van der Waals surface area contributed by atoms with Crippen LogP contribution in [0.4, 0.5) is 5.82 Å². The summed E-state index contributed by atoms with van der Waals surface area (Å²) in [6, 6.07) is 14.7. The summed E-state index contributed by atoms with van der Waals surface area (Å²) >= 11 is 0. The lowest BCUT2D eigenvalue weighted by Gasteiger charge is -2.32. The molecule has 0 radical (unpaired) electrons. The second-order valence-electron chi connectivity index (χ2n) is 6.89. The molecule has 1 aliphatic heterocycles. The van der Waals surface area contributed by atoms with Crippen molar-refractivity contribution in [2.45, 2.75) is 13.8 Å². The minimum atomic E-state index is 0.581. The third kappa shape index (κ3) is 2.91. The summed E-state index contributed by atoms with van der Waals surface area (Å²) in [6.07, 6.45) is 0. The number of nitrogens with zero attached hydrogens (tertiary/aromatic N) is 5. The number of rotatable bonds is 3. The highest BCUT2D eigenvalue weighted by Crippen LogP contribution is 2.30. The maximum atomic E-state index is 8.91. The van der Waals surface area contributed by atoms with E-state index in [4.69, 9.17) is 15.3 Å². The van der Waals surface area contributed by atoms with E-state index in [1.807, 2.05) is 36.6 Å². The van der Waals surface area contributed by atoms with Crippen LogP contribution in [0.15, 0.2) is 36.4 Å². The zero-order chi connectivity index (χ0) is 18.1. The fourth-order valence-corrected chi connectivity index (χ4v) is 3.73. The Bertz CT molecular complexity index is 961. The molecular weight excluding hydrogens is 324 g/mol. The Morgan fingerprint density at radius 1 is 1.15 bits per heavy atom. The van der Waals surface area contributed by atoms with Crippen LogP contribution in [0.1, 0.15) is 11.4 Å². The number of anilines is 1. The number of benzene rings is 1. The van der Waals surface area contributed by atoms with Crippen LogP contribution in [0.25, 0.3) is 16.8 Å². The fourth-order valence-electron chi connectivity index (χ4n) is 3.73. The summed E-state index contributed by atoms with van der Waals surface area (Å²) in [5, 5.41) is 13.7. The topological polar surface area (TPSA) is 61.7 Å². The molecule has 26 heavy (non-hydrogen) atoms. The average molecular weight is 347 g/mol. The first-order valence-electron chi connectivity index (χ1n) is 9.05. The molecule has 6 heteroatoms. The second kappa shape index (κ2) is 6.77. The third-order valence-corrected chi connectivity index (χ3v) is 5.06. The molecule has 132 valence electrons. The summed E-state index contributed by atoms with van der Waals surface area (Å²) in [4.78, 5) is 8.52. The predicted octanol–water partition coefficient (Wildman–Crippen LogP) is 1.24. The molecule has 0 aliphatic carbocycles. The van der Waals surface area contributed by atoms with Crippen molar-refractivity contribution in [3.05, 3.63) is 47.8 Å². The molecule has 3 heterocycles. The molecule has 0 spiro atoms. The molecule has 0 amide bonds. The molecule has 0 saturated carbocycles. The molecule has 1 aromatic carbocycles. The van der Waals surface area contributed by atoms with E-state index in [1.165, 1.54) is 4.90 Å².